The van der Waals surface area contributed by atoms with Gasteiger partial charge < -0.3 is 28.3 Å². The number of methoxy groups -OCH3 is 2. The van der Waals surface area contributed by atoms with E-state index in [1.165, 1.54) is 6.26 Å². The Morgan fingerprint density at radius 3 is 1.26 bits per heavy atom. The number of hydrogen-bond acceptors (Lipinski definition) is 6. The molecule has 1 saturated heterocycles. The van der Waals surface area contributed by atoms with Crippen molar-refractivity contribution in [2.24, 2.45) is 0 Å². The fourth-order valence-corrected chi connectivity index (χ4v) is 6.33. The topological polar surface area (TPSA) is 70.3 Å². The normalized spacial score (nSPS) is 17.5. The fourth-order valence-electron chi connectivity index (χ4n) is 6.33. The van der Waals surface area contributed by atoms with Crippen molar-refractivity contribution in [2.75, 3.05) is 14.2 Å². The summed E-state index contributed by atoms with van der Waals surface area (Å²) in [7, 11) is 2.53. The summed E-state index contributed by atoms with van der Waals surface area (Å²) < 4.78 is 32.8. The summed E-state index contributed by atoms with van der Waals surface area (Å²) >= 11 is 0. The van der Waals surface area contributed by atoms with Gasteiger partial charge in [-0.15, -0.1) is 0 Å². The van der Waals surface area contributed by atoms with Crippen LogP contribution in [0.15, 0.2) is 138 Å². The summed E-state index contributed by atoms with van der Waals surface area (Å²) in [5, 5.41) is 10.1. The highest BCUT2D eigenvalue weighted by Gasteiger charge is 2.62. The lowest BCUT2D eigenvalue weighted by Crippen LogP contribution is -2.56. The molecule has 0 unspecified atom stereocenters. The Kier molecular flexibility index (Phi) is 8.11. The first-order valence-electron chi connectivity index (χ1n) is 14.0. The summed E-state index contributed by atoms with van der Waals surface area (Å²) in [6.07, 6.45) is 0.0597. The number of aliphatic hydroxyl groups excluding tert-OH is 1. The Morgan fingerprint density at radius 2 is 0.952 bits per heavy atom. The predicted octanol–water partition coefficient (Wildman–Crippen LogP) is 5.43. The zero-order valence-electron chi connectivity index (χ0n) is 23.6. The van der Waals surface area contributed by atoms with Gasteiger partial charge in [0.1, 0.15) is 35.8 Å². The fraction of sp³-hybridized carbons (Fsp3) is 0.200. The highest BCUT2D eigenvalue weighted by atomic mass is 16.7. The van der Waals surface area contributed by atoms with Gasteiger partial charge in [0, 0.05) is 19.7 Å². The number of benzene rings is 4. The molecule has 1 N–H and O–H groups in total. The monoisotopic (exact) mass is 560 g/mol. The van der Waals surface area contributed by atoms with Crippen LogP contribution < -0.4 is 5.46 Å². The maximum absolute atomic E-state index is 10.1. The molecular formula is C35H33BO6. The summed E-state index contributed by atoms with van der Waals surface area (Å²) in [6, 6.07) is 42.0. The molecule has 6 rings (SSSR count). The van der Waals surface area contributed by atoms with E-state index in [1.807, 2.05) is 121 Å². The average Bonchev–Trinajstić information content (AvgIpc) is 3.73. The van der Waals surface area contributed by atoms with Crippen LogP contribution in [-0.2, 0) is 36.6 Å². The molecule has 0 bridgehead atoms. The van der Waals surface area contributed by atoms with Gasteiger partial charge in [-0.05, 0) is 28.3 Å². The molecule has 5 aromatic rings. The lowest BCUT2D eigenvalue weighted by atomic mass is 9.71. The van der Waals surface area contributed by atoms with Crippen molar-refractivity contribution in [2.45, 2.75) is 30.0 Å². The third-order valence-electron chi connectivity index (χ3n) is 8.25. The van der Waals surface area contributed by atoms with Gasteiger partial charge in [0.25, 0.3) is 0 Å². The smallest absolute Gasteiger partial charge is 0.467 e. The third kappa shape index (κ3) is 4.60. The molecule has 1 aliphatic heterocycles. The van der Waals surface area contributed by atoms with Gasteiger partial charge in [-0.1, -0.05) is 121 Å². The van der Waals surface area contributed by atoms with E-state index in [4.69, 9.17) is 23.2 Å². The van der Waals surface area contributed by atoms with Gasteiger partial charge in [-0.2, -0.15) is 0 Å². The Bertz CT molecular complexity index is 1380. The van der Waals surface area contributed by atoms with Crippen LogP contribution in [0.5, 0.6) is 0 Å². The Hall–Kier alpha value is -3.98. The summed E-state index contributed by atoms with van der Waals surface area (Å²) in [5.74, 6) is 0.379. The van der Waals surface area contributed by atoms with E-state index < -0.39 is 30.5 Å². The Morgan fingerprint density at radius 1 is 0.595 bits per heavy atom. The number of rotatable bonds is 10. The molecule has 0 spiro atoms. The zero-order chi connectivity index (χ0) is 29.0. The lowest BCUT2D eigenvalue weighted by Gasteiger charge is -2.46. The Labute approximate surface area is 246 Å². The predicted molar refractivity (Wildman–Crippen MR) is 161 cm³/mol. The first-order valence-corrected chi connectivity index (χ1v) is 14.0. The van der Waals surface area contributed by atoms with Crippen LogP contribution in [-0.4, -0.2) is 38.7 Å². The molecule has 4 aromatic carbocycles. The van der Waals surface area contributed by atoms with Crippen molar-refractivity contribution < 1.29 is 28.3 Å². The van der Waals surface area contributed by atoms with E-state index in [-0.39, 0.29) is 6.61 Å². The SMILES string of the molecule is COC(c1ccccc1)(c1ccccc1)[C@@H]1OB(c2ccoc2CO)O[C@H]1C(OC)(c1ccccc1)c1ccccc1. The van der Waals surface area contributed by atoms with Crippen LogP contribution in [0.4, 0.5) is 0 Å². The zero-order valence-corrected chi connectivity index (χ0v) is 23.6. The van der Waals surface area contributed by atoms with Gasteiger partial charge >= 0.3 is 7.12 Å². The maximum Gasteiger partial charge on any atom is 0.498 e. The van der Waals surface area contributed by atoms with Gasteiger partial charge in [-0.25, -0.2) is 0 Å². The molecule has 0 amide bonds. The quantitative estimate of drug-likeness (QED) is 0.230. The molecule has 1 fully saturated rings. The molecule has 0 saturated carbocycles. The number of ether oxygens (including phenoxy) is 2. The first kappa shape index (κ1) is 28.2. The maximum atomic E-state index is 10.1. The minimum atomic E-state index is -1.11. The highest BCUT2D eigenvalue weighted by molar-refractivity contribution is 6.62. The molecule has 0 aliphatic carbocycles. The van der Waals surface area contributed by atoms with Crippen LogP contribution in [0, 0.1) is 0 Å². The van der Waals surface area contributed by atoms with Gasteiger partial charge in [-0.3, -0.25) is 0 Å². The molecule has 2 atom stereocenters. The van der Waals surface area contributed by atoms with E-state index in [2.05, 4.69) is 0 Å². The number of hydrogen-bond donors (Lipinski definition) is 1. The molecule has 212 valence electrons. The molecule has 0 radical (unpaired) electrons. The van der Waals surface area contributed by atoms with Gasteiger partial charge in [0.15, 0.2) is 0 Å². The summed E-state index contributed by atoms with van der Waals surface area (Å²) in [4.78, 5) is 0. The summed E-state index contributed by atoms with van der Waals surface area (Å²) in [5.41, 5.74) is 1.99. The third-order valence-corrected chi connectivity index (χ3v) is 8.25. The van der Waals surface area contributed by atoms with Crippen molar-refractivity contribution >= 4 is 12.6 Å². The minimum Gasteiger partial charge on any atom is -0.467 e. The van der Waals surface area contributed by atoms with E-state index in [9.17, 15) is 5.11 Å². The minimum absolute atomic E-state index is 0.291. The second kappa shape index (κ2) is 12.1. The largest absolute Gasteiger partial charge is 0.498 e. The second-order valence-electron chi connectivity index (χ2n) is 10.2. The van der Waals surface area contributed by atoms with E-state index in [0.717, 1.165) is 22.3 Å². The van der Waals surface area contributed by atoms with Crippen LogP contribution >= 0.6 is 0 Å². The first-order chi connectivity index (χ1) is 20.7. The lowest BCUT2D eigenvalue weighted by molar-refractivity contribution is -0.136. The molecule has 7 heteroatoms. The van der Waals surface area contributed by atoms with Crippen LogP contribution in [0.1, 0.15) is 28.0 Å². The van der Waals surface area contributed by atoms with Crippen LogP contribution in [0.2, 0.25) is 0 Å². The van der Waals surface area contributed by atoms with E-state index in [1.54, 1.807) is 20.3 Å². The molecule has 2 heterocycles. The molecule has 1 aromatic heterocycles. The number of aliphatic hydroxyl groups is 1. The van der Waals surface area contributed by atoms with Crippen LogP contribution in [0.25, 0.3) is 0 Å². The van der Waals surface area contributed by atoms with Gasteiger partial charge in [0.05, 0.1) is 6.26 Å². The molecule has 1 aliphatic rings. The summed E-state index contributed by atoms with van der Waals surface area (Å²) in [6.45, 7) is -0.291. The van der Waals surface area contributed by atoms with Gasteiger partial charge in [0.2, 0.25) is 0 Å². The van der Waals surface area contributed by atoms with Crippen LogP contribution in [0.3, 0.4) is 0 Å². The standard InChI is InChI=1S/C35H33BO6/c1-38-34(26-15-7-3-8-16-26,27-17-9-4-10-18-27)32-33(42-36(41-32)30-23-24-40-31(30)25-37)35(39-2,28-19-11-5-12-20-28)29-21-13-6-14-22-29/h3-24,32-33,37H,25H2,1-2H3/t32-,33-/m1/s1. The molecule has 6 nitrogen and oxygen atoms in total. The van der Waals surface area contributed by atoms with E-state index in [0.29, 0.717) is 11.2 Å². The average molecular weight is 560 g/mol. The molecule has 42 heavy (non-hydrogen) atoms. The Balaban J connectivity index is 1.65. The van der Waals surface area contributed by atoms with Crippen molar-refractivity contribution in [1.82, 2.24) is 0 Å². The van der Waals surface area contributed by atoms with Crippen molar-refractivity contribution in [3.05, 3.63) is 162 Å². The highest BCUT2D eigenvalue weighted by Crippen LogP contribution is 2.50. The second-order valence-corrected chi connectivity index (χ2v) is 10.2. The van der Waals surface area contributed by atoms with E-state index >= 15 is 0 Å². The number of furan rings is 1. The van der Waals surface area contributed by atoms with Crippen molar-refractivity contribution in [3.8, 4) is 0 Å². The van der Waals surface area contributed by atoms with Crippen molar-refractivity contribution in [1.29, 1.82) is 0 Å². The molecular weight excluding hydrogens is 527 g/mol. The van der Waals surface area contributed by atoms with Crippen molar-refractivity contribution in [3.63, 3.8) is 0 Å².